The second-order valence-corrected chi connectivity index (χ2v) is 9.33. The lowest BCUT2D eigenvalue weighted by atomic mass is 10.1. The average molecular weight is 373 g/mol. The quantitative estimate of drug-likeness (QED) is 0.675. The van der Waals surface area contributed by atoms with Gasteiger partial charge in [-0.1, -0.05) is 0 Å². The number of hydrogen-bond acceptors (Lipinski definition) is 5. The maximum Gasteiger partial charge on any atom is 0.267 e. The lowest BCUT2D eigenvalue weighted by molar-refractivity contribution is 0.0947. The Morgan fingerprint density at radius 1 is 1.38 bits per heavy atom. The number of H-pyrrole nitrogens is 1. The van der Waals surface area contributed by atoms with E-state index in [0.717, 1.165) is 37.4 Å². The normalized spacial score (nSPS) is 22.6. The summed E-state index contributed by atoms with van der Waals surface area (Å²) >= 11 is 1.76. The van der Waals surface area contributed by atoms with Gasteiger partial charge in [-0.2, -0.15) is 16.1 Å². The first kappa shape index (κ1) is 17.8. The van der Waals surface area contributed by atoms with E-state index in [1.807, 2.05) is 0 Å². The number of rotatable bonds is 6. The van der Waals surface area contributed by atoms with E-state index in [0.29, 0.717) is 31.2 Å². The molecule has 2 fully saturated rings. The second-order valence-electron chi connectivity index (χ2n) is 6.17. The summed E-state index contributed by atoms with van der Waals surface area (Å²) in [5, 5.41) is 6.16. The zero-order valence-corrected chi connectivity index (χ0v) is 15.2. The third-order valence-corrected chi connectivity index (χ3v) is 7.33. The highest BCUT2D eigenvalue weighted by atomic mass is 32.2. The van der Waals surface area contributed by atoms with E-state index >= 15 is 0 Å². The number of amides is 1. The lowest BCUT2D eigenvalue weighted by Gasteiger charge is -2.24. The fraction of sp³-hybridized carbons (Fsp3) is 0.667. The highest BCUT2D eigenvalue weighted by Gasteiger charge is 2.27. The molecule has 0 aromatic carbocycles. The monoisotopic (exact) mass is 372 g/mol. The van der Waals surface area contributed by atoms with Gasteiger partial charge in [-0.25, -0.2) is 8.42 Å². The van der Waals surface area contributed by atoms with Gasteiger partial charge in [-0.05, 0) is 37.9 Å². The van der Waals surface area contributed by atoms with Crippen molar-refractivity contribution >= 4 is 27.7 Å². The summed E-state index contributed by atoms with van der Waals surface area (Å²) in [6, 6.07) is 1.43. The third-order valence-electron chi connectivity index (χ3n) is 4.51. The average Bonchev–Trinajstić information content (AvgIpc) is 3.27. The first-order valence-corrected chi connectivity index (χ1v) is 10.9. The second kappa shape index (κ2) is 7.90. The van der Waals surface area contributed by atoms with E-state index in [-0.39, 0.29) is 10.8 Å². The van der Waals surface area contributed by atoms with Crippen LogP contribution in [0.15, 0.2) is 17.2 Å². The Morgan fingerprint density at radius 3 is 2.88 bits per heavy atom. The number of carbonyl (C=O) groups excluding carboxylic acids is 1. The zero-order chi connectivity index (χ0) is 17.0. The van der Waals surface area contributed by atoms with Crippen molar-refractivity contribution in [3.63, 3.8) is 0 Å². The maximum absolute atomic E-state index is 12.6. The van der Waals surface area contributed by atoms with Crippen molar-refractivity contribution in [1.82, 2.24) is 19.9 Å². The Labute approximate surface area is 147 Å². The first-order chi connectivity index (χ1) is 11.6. The smallest absolute Gasteiger partial charge is 0.267 e. The van der Waals surface area contributed by atoms with Crippen LogP contribution in [-0.2, 0) is 10.0 Å². The molecular weight excluding hydrogens is 348 g/mol. The van der Waals surface area contributed by atoms with Crippen molar-refractivity contribution in [1.29, 1.82) is 0 Å². The van der Waals surface area contributed by atoms with E-state index < -0.39 is 10.0 Å². The number of nitrogens with zero attached hydrogens (tertiary/aromatic N) is 1. The van der Waals surface area contributed by atoms with Gasteiger partial charge in [0.1, 0.15) is 10.6 Å². The van der Waals surface area contributed by atoms with E-state index in [1.54, 1.807) is 11.8 Å². The van der Waals surface area contributed by atoms with Gasteiger partial charge >= 0.3 is 0 Å². The molecule has 1 unspecified atom stereocenters. The molecule has 3 heterocycles. The Hall–Kier alpha value is -1.03. The molecule has 9 heteroatoms. The summed E-state index contributed by atoms with van der Waals surface area (Å²) in [6.07, 6.45) is 3.50. The van der Waals surface area contributed by atoms with Crippen molar-refractivity contribution in [2.45, 2.75) is 17.7 Å². The molecule has 1 atom stereocenters. The van der Waals surface area contributed by atoms with Crippen molar-refractivity contribution in [3.05, 3.63) is 18.0 Å². The summed E-state index contributed by atoms with van der Waals surface area (Å²) in [6.45, 7) is 3.71. The van der Waals surface area contributed by atoms with Crippen LogP contribution in [-0.4, -0.2) is 67.8 Å². The number of carbonyl (C=O) groups is 1. The van der Waals surface area contributed by atoms with Crippen LogP contribution in [0.2, 0.25) is 0 Å². The van der Waals surface area contributed by atoms with E-state index in [1.165, 1.54) is 16.6 Å². The van der Waals surface area contributed by atoms with E-state index in [9.17, 15) is 13.2 Å². The van der Waals surface area contributed by atoms with Gasteiger partial charge in [-0.15, -0.1) is 0 Å². The minimum Gasteiger partial charge on any atom is -0.356 e. The Morgan fingerprint density at radius 2 is 2.17 bits per heavy atom. The molecule has 0 aliphatic carbocycles. The Kier molecular flexibility index (Phi) is 5.85. The van der Waals surface area contributed by atoms with Crippen LogP contribution in [0.5, 0.6) is 0 Å². The highest BCUT2D eigenvalue weighted by Crippen LogP contribution is 2.20. The van der Waals surface area contributed by atoms with Crippen LogP contribution in [0.3, 0.4) is 0 Å². The molecule has 1 aromatic rings. The fourth-order valence-electron chi connectivity index (χ4n) is 3.04. The molecule has 0 bridgehead atoms. The van der Waals surface area contributed by atoms with Crippen LogP contribution in [0.4, 0.5) is 0 Å². The van der Waals surface area contributed by atoms with Gasteiger partial charge in [0.05, 0.1) is 0 Å². The first-order valence-electron chi connectivity index (χ1n) is 8.32. The van der Waals surface area contributed by atoms with Gasteiger partial charge in [0.25, 0.3) is 5.91 Å². The van der Waals surface area contributed by atoms with Crippen LogP contribution in [0.1, 0.15) is 23.3 Å². The minimum absolute atomic E-state index is 0.166. The van der Waals surface area contributed by atoms with E-state index in [2.05, 4.69) is 15.6 Å². The number of nitrogens with one attached hydrogen (secondary N) is 3. The SMILES string of the molecule is O=C(NCCC1CCNC1)c1cc(S(=O)(=O)N2CCSCC2)c[nH]1. The molecule has 0 radical (unpaired) electrons. The van der Waals surface area contributed by atoms with Gasteiger partial charge in [0.15, 0.2) is 0 Å². The van der Waals surface area contributed by atoms with Crippen LogP contribution in [0, 0.1) is 5.92 Å². The molecule has 2 aliphatic rings. The molecular formula is C15H24N4O3S2. The molecule has 0 saturated carbocycles. The Balaban J connectivity index is 1.56. The summed E-state index contributed by atoms with van der Waals surface area (Å²) < 4.78 is 26.6. The molecule has 7 nitrogen and oxygen atoms in total. The highest BCUT2D eigenvalue weighted by molar-refractivity contribution is 7.99. The number of sulfonamides is 1. The van der Waals surface area contributed by atoms with Crippen LogP contribution >= 0.6 is 11.8 Å². The number of thioether (sulfide) groups is 1. The zero-order valence-electron chi connectivity index (χ0n) is 13.6. The van der Waals surface area contributed by atoms with E-state index in [4.69, 9.17) is 0 Å². The predicted octanol–water partition coefficient (Wildman–Crippen LogP) is 0.482. The van der Waals surface area contributed by atoms with Crippen molar-refractivity contribution in [2.24, 2.45) is 5.92 Å². The largest absolute Gasteiger partial charge is 0.356 e. The molecule has 24 heavy (non-hydrogen) atoms. The molecule has 3 N–H and O–H groups in total. The fourth-order valence-corrected chi connectivity index (χ4v) is 5.61. The number of hydrogen-bond donors (Lipinski definition) is 3. The molecule has 2 saturated heterocycles. The summed E-state index contributed by atoms with van der Waals surface area (Å²) in [4.78, 5) is 15.1. The molecule has 1 aromatic heterocycles. The van der Waals surface area contributed by atoms with Crippen molar-refractivity contribution in [2.75, 3.05) is 44.2 Å². The van der Waals surface area contributed by atoms with Gasteiger partial charge in [0.2, 0.25) is 10.0 Å². The molecule has 3 rings (SSSR count). The van der Waals surface area contributed by atoms with Crippen molar-refractivity contribution in [3.8, 4) is 0 Å². The van der Waals surface area contributed by atoms with Gasteiger partial charge in [0, 0.05) is 37.3 Å². The standard InChI is InChI=1S/C15H24N4O3S2/c20-15(17-4-2-12-1-3-16-10-12)14-9-13(11-18-14)24(21,22)19-5-7-23-8-6-19/h9,11-12,16,18H,1-8,10H2,(H,17,20). The predicted molar refractivity (Wildman–Crippen MR) is 94.8 cm³/mol. The Bertz CT molecular complexity index is 662. The minimum atomic E-state index is -3.51. The molecule has 0 spiro atoms. The summed E-state index contributed by atoms with van der Waals surface area (Å²) in [7, 11) is -3.51. The number of aromatic nitrogens is 1. The summed E-state index contributed by atoms with van der Waals surface area (Å²) in [5.41, 5.74) is 0.296. The summed E-state index contributed by atoms with van der Waals surface area (Å²) in [5.74, 6) is 1.98. The maximum atomic E-state index is 12.6. The van der Waals surface area contributed by atoms with Crippen LogP contribution < -0.4 is 10.6 Å². The molecule has 134 valence electrons. The lowest BCUT2D eigenvalue weighted by Crippen LogP contribution is -2.37. The molecule has 1 amide bonds. The van der Waals surface area contributed by atoms with Crippen LogP contribution in [0.25, 0.3) is 0 Å². The topological polar surface area (TPSA) is 94.3 Å². The van der Waals surface area contributed by atoms with Gasteiger partial charge in [-0.3, -0.25) is 4.79 Å². The molecule has 2 aliphatic heterocycles. The number of aromatic amines is 1. The third kappa shape index (κ3) is 4.14. The van der Waals surface area contributed by atoms with Gasteiger partial charge < -0.3 is 15.6 Å². The van der Waals surface area contributed by atoms with Crippen molar-refractivity contribution < 1.29 is 13.2 Å².